The van der Waals surface area contributed by atoms with Gasteiger partial charge in [0.2, 0.25) is 17.6 Å². The molecule has 2 aromatic rings. The van der Waals surface area contributed by atoms with Crippen LogP contribution in [-0.2, 0) is 7.05 Å². The fraction of sp³-hybridized carbons (Fsp3) is 0.529. The molecule has 1 fully saturated rings. The lowest BCUT2D eigenvalue weighted by Crippen LogP contribution is -2.40. The number of ketones is 1. The van der Waals surface area contributed by atoms with Gasteiger partial charge in [-0.15, -0.1) is 0 Å². The summed E-state index contributed by atoms with van der Waals surface area (Å²) in [7, 11) is 1.83. The molecule has 0 aromatic carbocycles. The van der Waals surface area contributed by atoms with E-state index in [-0.39, 0.29) is 23.8 Å². The number of rotatable bonds is 5. The molecule has 0 bridgehead atoms. The summed E-state index contributed by atoms with van der Waals surface area (Å²) in [4.78, 5) is 27.4. The van der Waals surface area contributed by atoms with Crippen molar-refractivity contribution in [2.75, 3.05) is 23.7 Å². The molecule has 8 nitrogen and oxygen atoms in total. The third-order valence-corrected chi connectivity index (χ3v) is 4.22. The molecule has 1 atom stereocenters. The molecular formula is C17H24N6O2. The fourth-order valence-electron chi connectivity index (χ4n) is 3.08. The van der Waals surface area contributed by atoms with Crippen LogP contribution in [0.3, 0.4) is 0 Å². The third-order valence-electron chi connectivity index (χ3n) is 4.22. The Hall–Kier alpha value is -2.64. The minimum atomic E-state index is -0.111. The molecule has 0 aliphatic carbocycles. The van der Waals surface area contributed by atoms with Crippen LogP contribution in [0.2, 0.25) is 0 Å². The van der Waals surface area contributed by atoms with Crippen molar-refractivity contribution in [3.8, 4) is 5.88 Å². The maximum atomic E-state index is 12.7. The van der Waals surface area contributed by atoms with Gasteiger partial charge in [0.15, 0.2) is 5.82 Å². The number of Topliss-reactive ketones (excluding diaryl/α,β-unsaturated/α-hetero) is 1. The van der Waals surface area contributed by atoms with E-state index in [1.165, 1.54) is 0 Å². The summed E-state index contributed by atoms with van der Waals surface area (Å²) in [5, 5.41) is 0. The van der Waals surface area contributed by atoms with Gasteiger partial charge in [-0.05, 0) is 26.7 Å². The van der Waals surface area contributed by atoms with Crippen LogP contribution in [0.4, 0.5) is 11.8 Å². The summed E-state index contributed by atoms with van der Waals surface area (Å²) < 4.78 is 7.40. The van der Waals surface area contributed by atoms with Crippen molar-refractivity contribution >= 4 is 17.5 Å². The Kier molecular flexibility index (Phi) is 4.87. The van der Waals surface area contributed by atoms with Crippen LogP contribution < -0.4 is 15.4 Å². The number of piperidine rings is 1. The first-order valence-electron chi connectivity index (χ1n) is 8.51. The van der Waals surface area contributed by atoms with Gasteiger partial charge in [-0.3, -0.25) is 4.79 Å². The summed E-state index contributed by atoms with van der Waals surface area (Å²) in [5.41, 5.74) is 5.82. The van der Waals surface area contributed by atoms with Crippen LogP contribution in [0.1, 0.15) is 37.3 Å². The molecule has 0 amide bonds. The summed E-state index contributed by atoms with van der Waals surface area (Å²) in [6, 6.07) is 1.78. The first kappa shape index (κ1) is 17.2. The molecule has 1 aliphatic heterocycles. The highest BCUT2D eigenvalue weighted by molar-refractivity contribution is 5.95. The highest BCUT2D eigenvalue weighted by Gasteiger charge is 2.29. The van der Waals surface area contributed by atoms with Gasteiger partial charge < -0.3 is 19.9 Å². The van der Waals surface area contributed by atoms with E-state index in [1.54, 1.807) is 23.0 Å². The number of nitrogen functional groups attached to an aromatic ring is 1. The largest absolute Gasteiger partial charge is 0.475 e. The summed E-state index contributed by atoms with van der Waals surface area (Å²) in [6.45, 7) is 5.27. The number of ether oxygens (including phenoxy) is 1. The van der Waals surface area contributed by atoms with Crippen LogP contribution in [0.15, 0.2) is 18.5 Å². The smallest absolute Gasteiger partial charge is 0.225 e. The summed E-state index contributed by atoms with van der Waals surface area (Å²) in [5.74, 6) is 1.78. The Morgan fingerprint density at radius 2 is 2.20 bits per heavy atom. The fourth-order valence-corrected chi connectivity index (χ4v) is 3.08. The van der Waals surface area contributed by atoms with Gasteiger partial charge in [0.05, 0.1) is 6.10 Å². The third kappa shape index (κ3) is 3.89. The Bertz CT molecular complexity index is 757. The van der Waals surface area contributed by atoms with Gasteiger partial charge in [-0.25, -0.2) is 4.98 Å². The number of carbonyl (C=O) groups excluding carboxylic acids is 1. The van der Waals surface area contributed by atoms with Gasteiger partial charge in [-0.2, -0.15) is 9.97 Å². The standard InChI is InChI=1S/C17H24N6O2/c1-11(2)25-14-9-13(20-17(18)21-14)23-7-4-5-12(10-23)15(24)16-19-6-8-22(16)3/h6,8-9,11-12H,4-5,7,10H2,1-3H3,(H2,18,20,21)/t12-/m0/s1. The molecule has 3 heterocycles. The van der Waals surface area contributed by atoms with Gasteiger partial charge in [0.1, 0.15) is 5.82 Å². The highest BCUT2D eigenvalue weighted by Crippen LogP contribution is 2.26. The lowest BCUT2D eigenvalue weighted by molar-refractivity contribution is 0.0893. The molecule has 0 radical (unpaired) electrons. The van der Waals surface area contributed by atoms with Crippen molar-refractivity contribution in [2.24, 2.45) is 13.0 Å². The number of nitrogens with two attached hydrogens (primary N) is 1. The number of anilines is 2. The van der Waals surface area contributed by atoms with Gasteiger partial charge in [0, 0.05) is 44.5 Å². The number of imidazole rings is 1. The number of aryl methyl sites for hydroxylation is 1. The maximum Gasteiger partial charge on any atom is 0.225 e. The molecule has 0 unspecified atom stereocenters. The second-order valence-corrected chi connectivity index (χ2v) is 6.60. The average Bonchev–Trinajstić information content (AvgIpc) is 2.99. The second kappa shape index (κ2) is 7.08. The van der Waals surface area contributed by atoms with E-state index in [9.17, 15) is 4.79 Å². The Labute approximate surface area is 147 Å². The predicted molar refractivity (Wildman–Crippen MR) is 94.7 cm³/mol. The molecular weight excluding hydrogens is 320 g/mol. The zero-order valence-corrected chi connectivity index (χ0v) is 14.8. The molecule has 0 spiro atoms. The number of hydrogen-bond donors (Lipinski definition) is 1. The molecule has 1 saturated heterocycles. The van der Waals surface area contributed by atoms with Gasteiger partial charge >= 0.3 is 0 Å². The Balaban J connectivity index is 1.78. The van der Waals surface area contributed by atoms with E-state index >= 15 is 0 Å². The van der Waals surface area contributed by atoms with E-state index in [1.807, 2.05) is 20.9 Å². The number of nitrogens with zero attached hydrogens (tertiary/aromatic N) is 5. The zero-order chi connectivity index (χ0) is 18.0. The zero-order valence-electron chi connectivity index (χ0n) is 14.8. The maximum absolute atomic E-state index is 12.7. The normalized spacial score (nSPS) is 17.8. The quantitative estimate of drug-likeness (QED) is 0.824. The molecule has 25 heavy (non-hydrogen) atoms. The average molecular weight is 344 g/mol. The molecule has 0 saturated carbocycles. The molecule has 8 heteroatoms. The van der Waals surface area contributed by atoms with Crippen LogP contribution in [0, 0.1) is 5.92 Å². The number of hydrogen-bond acceptors (Lipinski definition) is 7. The van der Waals surface area contributed by atoms with E-state index in [4.69, 9.17) is 10.5 Å². The second-order valence-electron chi connectivity index (χ2n) is 6.60. The van der Waals surface area contributed by atoms with Gasteiger partial charge in [0.25, 0.3) is 0 Å². The van der Waals surface area contributed by atoms with Crippen molar-refractivity contribution in [3.05, 3.63) is 24.3 Å². The SMILES string of the molecule is CC(C)Oc1cc(N2CCC[C@H](C(=O)c3nccn3C)C2)nc(N)n1. The first-order valence-corrected chi connectivity index (χ1v) is 8.51. The van der Waals surface area contributed by atoms with Crippen LogP contribution in [-0.4, -0.2) is 44.5 Å². The lowest BCUT2D eigenvalue weighted by atomic mass is 9.93. The van der Waals surface area contributed by atoms with Crippen molar-refractivity contribution in [2.45, 2.75) is 32.8 Å². The van der Waals surface area contributed by atoms with E-state index in [0.29, 0.717) is 24.1 Å². The van der Waals surface area contributed by atoms with Crippen LogP contribution in [0.25, 0.3) is 0 Å². The van der Waals surface area contributed by atoms with Crippen molar-refractivity contribution in [3.63, 3.8) is 0 Å². The summed E-state index contributed by atoms with van der Waals surface area (Å²) in [6.07, 6.45) is 5.19. The van der Waals surface area contributed by atoms with Crippen LogP contribution >= 0.6 is 0 Å². The van der Waals surface area contributed by atoms with Gasteiger partial charge in [-0.1, -0.05) is 0 Å². The predicted octanol–water partition coefficient (Wildman–Crippen LogP) is 1.68. The van der Waals surface area contributed by atoms with Crippen molar-refractivity contribution < 1.29 is 9.53 Å². The molecule has 2 aromatic heterocycles. The topological polar surface area (TPSA) is 99.2 Å². The lowest BCUT2D eigenvalue weighted by Gasteiger charge is -2.32. The number of carbonyl (C=O) groups is 1. The molecule has 2 N–H and O–H groups in total. The highest BCUT2D eigenvalue weighted by atomic mass is 16.5. The Morgan fingerprint density at radius 1 is 1.40 bits per heavy atom. The number of aromatic nitrogens is 4. The van der Waals surface area contributed by atoms with E-state index in [2.05, 4.69) is 19.9 Å². The monoisotopic (exact) mass is 344 g/mol. The summed E-state index contributed by atoms with van der Waals surface area (Å²) >= 11 is 0. The van der Waals surface area contributed by atoms with Crippen molar-refractivity contribution in [1.82, 2.24) is 19.5 Å². The minimum Gasteiger partial charge on any atom is -0.475 e. The molecule has 134 valence electrons. The van der Waals surface area contributed by atoms with Crippen LogP contribution in [0.5, 0.6) is 5.88 Å². The van der Waals surface area contributed by atoms with Crippen molar-refractivity contribution in [1.29, 1.82) is 0 Å². The molecule has 1 aliphatic rings. The molecule has 3 rings (SSSR count). The van der Waals surface area contributed by atoms with E-state index < -0.39 is 0 Å². The van der Waals surface area contributed by atoms with E-state index in [0.717, 1.165) is 19.4 Å². The first-order chi connectivity index (χ1) is 11.9. The Morgan fingerprint density at radius 3 is 2.88 bits per heavy atom. The minimum absolute atomic E-state index is 0.00116.